The number of hydrogen-bond donors (Lipinski definition) is 4. The standard InChI is InChI=1S/C9H12F3N5O/c10-9(11,12)7-3-6(5(13)4-17-7)15-1-2-16-8(14)18/h3-4H,1-2,13H2,(H,15,17)(H3,14,16,18). The van der Waals surface area contributed by atoms with Gasteiger partial charge in [0.05, 0.1) is 17.6 Å². The minimum Gasteiger partial charge on any atom is -0.396 e. The summed E-state index contributed by atoms with van der Waals surface area (Å²) in [6.07, 6.45) is -3.61. The van der Waals surface area contributed by atoms with E-state index in [1.165, 1.54) is 0 Å². The van der Waals surface area contributed by atoms with E-state index in [0.717, 1.165) is 12.3 Å². The molecule has 0 radical (unpaired) electrons. The van der Waals surface area contributed by atoms with Crippen molar-refractivity contribution in [3.05, 3.63) is 18.0 Å². The number of nitrogens with two attached hydrogens (primary N) is 2. The number of rotatable bonds is 4. The molecule has 0 unspecified atom stereocenters. The van der Waals surface area contributed by atoms with Crippen LogP contribution < -0.4 is 22.1 Å². The van der Waals surface area contributed by atoms with Gasteiger partial charge in [-0.05, 0) is 6.07 Å². The molecule has 1 heterocycles. The maximum Gasteiger partial charge on any atom is 0.433 e. The number of nitrogens with one attached hydrogen (secondary N) is 2. The lowest BCUT2D eigenvalue weighted by Gasteiger charge is -2.12. The molecule has 0 aromatic carbocycles. The summed E-state index contributed by atoms with van der Waals surface area (Å²) >= 11 is 0. The highest BCUT2D eigenvalue weighted by Gasteiger charge is 2.32. The molecule has 0 aliphatic rings. The molecular weight excluding hydrogens is 251 g/mol. The fourth-order valence-electron chi connectivity index (χ4n) is 1.16. The summed E-state index contributed by atoms with van der Waals surface area (Å²) in [6.45, 7) is 0.354. The van der Waals surface area contributed by atoms with Crippen molar-refractivity contribution in [2.24, 2.45) is 5.73 Å². The minimum atomic E-state index is -4.53. The third-order valence-electron chi connectivity index (χ3n) is 1.96. The summed E-state index contributed by atoms with van der Waals surface area (Å²) in [6, 6.07) is 0.0926. The lowest BCUT2D eigenvalue weighted by Crippen LogP contribution is -2.33. The molecule has 0 fully saturated rings. The van der Waals surface area contributed by atoms with E-state index in [1.807, 2.05) is 0 Å². The smallest absolute Gasteiger partial charge is 0.396 e. The van der Waals surface area contributed by atoms with E-state index in [4.69, 9.17) is 11.5 Å². The maximum absolute atomic E-state index is 12.4. The Hall–Kier alpha value is -2.19. The summed E-state index contributed by atoms with van der Waals surface area (Å²) in [7, 11) is 0. The Morgan fingerprint density at radius 1 is 1.39 bits per heavy atom. The van der Waals surface area contributed by atoms with Crippen molar-refractivity contribution in [2.45, 2.75) is 6.18 Å². The molecule has 0 aliphatic carbocycles. The number of anilines is 2. The Morgan fingerprint density at radius 2 is 2.06 bits per heavy atom. The molecule has 0 atom stereocenters. The van der Waals surface area contributed by atoms with Gasteiger partial charge in [-0.25, -0.2) is 9.78 Å². The Morgan fingerprint density at radius 3 is 2.61 bits per heavy atom. The average Bonchev–Trinajstić information content (AvgIpc) is 2.24. The van der Waals surface area contributed by atoms with Crippen LogP contribution in [0.1, 0.15) is 5.69 Å². The molecule has 1 rings (SSSR count). The van der Waals surface area contributed by atoms with Crippen molar-refractivity contribution in [3.8, 4) is 0 Å². The van der Waals surface area contributed by atoms with Crippen LogP contribution in [-0.4, -0.2) is 24.1 Å². The number of carbonyl (C=O) groups excluding carboxylic acids is 1. The fraction of sp³-hybridized carbons (Fsp3) is 0.333. The van der Waals surface area contributed by atoms with Crippen LogP contribution in [0.5, 0.6) is 0 Å². The van der Waals surface area contributed by atoms with Crippen molar-refractivity contribution >= 4 is 17.4 Å². The van der Waals surface area contributed by atoms with Gasteiger partial charge in [0.2, 0.25) is 0 Å². The molecule has 18 heavy (non-hydrogen) atoms. The van der Waals surface area contributed by atoms with E-state index in [2.05, 4.69) is 15.6 Å². The first-order valence-electron chi connectivity index (χ1n) is 4.90. The highest BCUT2D eigenvalue weighted by molar-refractivity contribution is 5.71. The summed E-state index contributed by atoms with van der Waals surface area (Å²) in [5.74, 6) is 0. The van der Waals surface area contributed by atoms with Gasteiger partial charge < -0.3 is 22.1 Å². The van der Waals surface area contributed by atoms with Gasteiger partial charge >= 0.3 is 12.2 Å². The van der Waals surface area contributed by atoms with E-state index in [1.54, 1.807) is 0 Å². The van der Waals surface area contributed by atoms with Crippen molar-refractivity contribution in [3.63, 3.8) is 0 Å². The third-order valence-corrected chi connectivity index (χ3v) is 1.96. The summed E-state index contributed by atoms with van der Waals surface area (Å²) < 4.78 is 37.2. The number of amides is 2. The van der Waals surface area contributed by atoms with Gasteiger partial charge in [0.25, 0.3) is 0 Å². The zero-order chi connectivity index (χ0) is 13.8. The largest absolute Gasteiger partial charge is 0.433 e. The predicted molar refractivity (Wildman–Crippen MR) is 59.7 cm³/mol. The zero-order valence-electron chi connectivity index (χ0n) is 9.21. The number of hydrogen-bond acceptors (Lipinski definition) is 4. The second-order valence-corrected chi connectivity index (χ2v) is 3.37. The van der Waals surface area contributed by atoms with Crippen LogP contribution in [0, 0.1) is 0 Å². The van der Waals surface area contributed by atoms with Gasteiger partial charge in [-0.1, -0.05) is 0 Å². The van der Waals surface area contributed by atoms with Crippen LogP contribution in [0.3, 0.4) is 0 Å². The van der Waals surface area contributed by atoms with Crippen LogP contribution in [0.15, 0.2) is 12.3 Å². The molecule has 0 saturated carbocycles. The van der Waals surface area contributed by atoms with Crippen LogP contribution in [0.4, 0.5) is 29.3 Å². The lowest BCUT2D eigenvalue weighted by atomic mass is 10.2. The van der Waals surface area contributed by atoms with Gasteiger partial charge in [-0.3, -0.25) is 0 Å². The molecule has 1 aromatic heterocycles. The molecule has 100 valence electrons. The molecule has 1 aromatic rings. The van der Waals surface area contributed by atoms with Crippen LogP contribution in [0.25, 0.3) is 0 Å². The number of halogens is 3. The van der Waals surface area contributed by atoms with E-state index in [0.29, 0.717) is 0 Å². The molecule has 0 spiro atoms. The number of nitrogens with zero attached hydrogens (tertiary/aromatic N) is 1. The number of urea groups is 1. The van der Waals surface area contributed by atoms with Crippen molar-refractivity contribution < 1.29 is 18.0 Å². The van der Waals surface area contributed by atoms with Gasteiger partial charge in [0, 0.05) is 13.1 Å². The quantitative estimate of drug-likeness (QED) is 0.602. The predicted octanol–water partition coefficient (Wildman–Crippen LogP) is 0.763. The number of primary amides is 1. The first kappa shape index (κ1) is 13.9. The van der Waals surface area contributed by atoms with Crippen LogP contribution in [0.2, 0.25) is 0 Å². The molecular formula is C9H12F3N5O. The summed E-state index contributed by atoms with van der Waals surface area (Å²) in [5.41, 5.74) is 9.44. The summed E-state index contributed by atoms with van der Waals surface area (Å²) in [5, 5.41) is 4.92. The van der Waals surface area contributed by atoms with E-state index in [-0.39, 0.29) is 24.5 Å². The number of nitrogen functional groups attached to an aromatic ring is 1. The monoisotopic (exact) mass is 263 g/mol. The number of aromatic nitrogens is 1. The molecule has 2 amide bonds. The minimum absolute atomic E-state index is 0.0853. The van der Waals surface area contributed by atoms with Gasteiger partial charge in [-0.15, -0.1) is 0 Å². The van der Waals surface area contributed by atoms with Crippen molar-refractivity contribution in [1.82, 2.24) is 10.3 Å². The molecule has 0 bridgehead atoms. The third kappa shape index (κ3) is 4.00. The Balaban J connectivity index is 2.67. The number of carbonyl (C=O) groups is 1. The first-order valence-corrected chi connectivity index (χ1v) is 4.90. The topological polar surface area (TPSA) is 106 Å². The van der Waals surface area contributed by atoms with Crippen molar-refractivity contribution in [2.75, 3.05) is 24.1 Å². The molecule has 6 N–H and O–H groups in total. The number of pyridine rings is 1. The van der Waals surface area contributed by atoms with Gasteiger partial charge in [0.15, 0.2) is 0 Å². The van der Waals surface area contributed by atoms with Gasteiger partial charge in [-0.2, -0.15) is 13.2 Å². The highest BCUT2D eigenvalue weighted by atomic mass is 19.4. The van der Waals surface area contributed by atoms with Crippen LogP contribution in [-0.2, 0) is 6.18 Å². The molecule has 6 nitrogen and oxygen atoms in total. The molecule has 0 saturated heterocycles. The molecule has 9 heteroatoms. The Bertz CT molecular complexity index is 435. The maximum atomic E-state index is 12.4. The average molecular weight is 263 g/mol. The zero-order valence-corrected chi connectivity index (χ0v) is 9.21. The number of alkyl halides is 3. The second kappa shape index (κ2) is 5.43. The Kier molecular flexibility index (Phi) is 4.18. The normalized spacial score (nSPS) is 11.1. The van der Waals surface area contributed by atoms with Crippen molar-refractivity contribution in [1.29, 1.82) is 0 Å². The van der Waals surface area contributed by atoms with E-state index in [9.17, 15) is 18.0 Å². The summed E-state index contributed by atoms with van der Waals surface area (Å²) in [4.78, 5) is 13.5. The van der Waals surface area contributed by atoms with E-state index < -0.39 is 17.9 Å². The molecule has 0 aliphatic heterocycles. The fourth-order valence-corrected chi connectivity index (χ4v) is 1.16. The Labute approximate surface area is 101 Å². The van der Waals surface area contributed by atoms with E-state index >= 15 is 0 Å². The lowest BCUT2D eigenvalue weighted by molar-refractivity contribution is -0.141. The van der Waals surface area contributed by atoms with Gasteiger partial charge in [0.1, 0.15) is 5.69 Å². The second-order valence-electron chi connectivity index (χ2n) is 3.37. The van der Waals surface area contributed by atoms with Crippen LogP contribution >= 0.6 is 0 Å². The first-order chi connectivity index (χ1) is 8.30. The SMILES string of the molecule is NC(=O)NCCNc1cc(C(F)(F)F)ncc1N. The highest BCUT2D eigenvalue weighted by Crippen LogP contribution is 2.30.